The Kier molecular flexibility index (Phi) is 6.98. The predicted molar refractivity (Wildman–Crippen MR) is 64.2 cm³/mol. The van der Waals surface area contributed by atoms with E-state index in [-0.39, 0.29) is 0 Å². The number of nitrogens with one attached hydrogen (secondary N) is 1. The van der Waals surface area contributed by atoms with Crippen molar-refractivity contribution in [2.24, 2.45) is 5.92 Å². The molecule has 1 fully saturated rings. The lowest BCUT2D eigenvalue weighted by Gasteiger charge is -2.23. The molecule has 0 aliphatic carbocycles. The van der Waals surface area contributed by atoms with Crippen LogP contribution in [0.15, 0.2) is 0 Å². The zero-order chi connectivity index (χ0) is 10.9. The topological polar surface area (TPSA) is 24.5 Å². The summed E-state index contributed by atoms with van der Waals surface area (Å²) in [6.45, 7) is 5.58. The summed E-state index contributed by atoms with van der Waals surface area (Å²) >= 11 is 0. The molecule has 0 radical (unpaired) electrons. The molecule has 3 nitrogen and oxygen atoms in total. The number of hydrogen-bond donors (Lipinski definition) is 1. The number of nitrogens with zero attached hydrogens (tertiary/aromatic N) is 1. The van der Waals surface area contributed by atoms with Crippen LogP contribution in [0.5, 0.6) is 0 Å². The van der Waals surface area contributed by atoms with Crippen LogP contribution in [-0.2, 0) is 4.74 Å². The predicted octanol–water partition coefficient (Wildman–Crippen LogP) is 1.34. The highest BCUT2D eigenvalue weighted by Gasteiger charge is 2.12. The third kappa shape index (κ3) is 6.13. The third-order valence-corrected chi connectivity index (χ3v) is 3.29. The summed E-state index contributed by atoms with van der Waals surface area (Å²) in [6, 6.07) is 0. The maximum absolute atomic E-state index is 5.06. The number of methoxy groups -OCH3 is 1. The highest BCUT2D eigenvalue weighted by molar-refractivity contribution is 4.68. The van der Waals surface area contributed by atoms with Crippen molar-refractivity contribution in [3.8, 4) is 0 Å². The molecule has 1 heterocycles. The van der Waals surface area contributed by atoms with E-state index in [0.717, 1.165) is 19.1 Å². The third-order valence-electron chi connectivity index (χ3n) is 3.29. The van der Waals surface area contributed by atoms with Gasteiger partial charge in [0.25, 0.3) is 0 Å². The lowest BCUT2D eigenvalue weighted by atomic mass is 9.93. The number of piperidine rings is 1. The lowest BCUT2D eigenvalue weighted by Crippen LogP contribution is -2.29. The normalized spacial score (nSPS) is 18.6. The van der Waals surface area contributed by atoms with Crippen LogP contribution in [0.25, 0.3) is 0 Å². The minimum Gasteiger partial charge on any atom is -0.383 e. The summed E-state index contributed by atoms with van der Waals surface area (Å²) in [5.41, 5.74) is 0. The second-order valence-corrected chi connectivity index (χ2v) is 4.63. The molecule has 3 heteroatoms. The van der Waals surface area contributed by atoms with Gasteiger partial charge in [0.15, 0.2) is 0 Å². The fourth-order valence-corrected chi connectivity index (χ4v) is 2.18. The molecule has 0 spiro atoms. The maximum atomic E-state index is 5.06. The van der Waals surface area contributed by atoms with E-state index in [9.17, 15) is 0 Å². The highest BCUT2D eigenvalue weighted by atomic mass is 16.5. The van der Waals surface area contributed by atoms with Gasteiger partial charge >= 0.3 is 0 Å². The van der Waals surface area contributed by atoms with Crippen molar-refractivity contribution in [1.82, 2.24) is 10.2 Å². The molecule has 1 rings (SSSR count). The van der Waals surface area contributed by atoms with E-state index in [1.54, 1.807) is 7.11 Å². The van der Waals surface area contributed by atoms with Crippen LogP contribution in [0.3, 0.4) is 0 Å². The quantitative estimate of drug-likeness (QED) is 0.692. The average molecular weight is 214 g/mol. The molecular weight excluding hydrogens is 188 g/mol. The first-order chi connectivity index (χ1) is 7.33. The Bertz CT molecular complexity index is 147. The number of rotatable bonds is 7. The minimum atomic E-state index is 0.851. The summed E-state index contributed by atoms with van der Waals surface area (Å²) in [7, 11) is 3.95. The Hall–Kier alpha value is -0.120. The molecule has 1 aliphatic heterocycles. The molecule has 0 saturated carbocycles. The van der Waals surface area contributed by atoms with Crippen LogP contribution in [0, 0.1) is 5.92 Å². The van der Waals surface area contributed by atoms with E-state index in [2.05, 4.69) is 17.3 Å². The number of hydrogen-bond acceptors (Lipinski definition) is 3. The van der Waals surface area contributed by atoms with Gasteiger partial charge in [0.05, 0.1) is 6.61 Å². The van der Waals surface area contributed by atoms with Gasteiger partial charge in [-0.2, -0.15) is 0 Å². The van der Waals surface area contributed by atoms with Crippen molar-refractivity contribution in [2.45, 2.75) is 25.7 Å². The SMILES string of the molecule is COCCN(C)CCCC1CCNCC1. The molecule has 15 heavy (non-hydrogen) atoms. The Balaban J connectivity index is 1.94. The molecule has 1 saturated heterocycles. The molecule has 0 atom stereocenters. The van der Waals surface area contributed by atoms with Gasteiger partial charge in [-0.1, -0.05) is 0 Å². The molecule has 0 aromatic carbocycles. The van der Waals surface area contributed by atoms with E-state index in [1.807, 2.05) is 0 Å². The molecule has 0 bridgehead atoms. The van der Waals surface area contributed by atoms with Gasteiger partial charge in [-0.25, -0.2) is 0 Å². The number of ether oxygens (including phenoxy) is 1. The summed E-state index contributed by atoms with van der Waals surface area (Å²) in [5, 5.41) is 3.41. The van der Waals surface area contributed by atoms with Crippen LogP contribution >= 0.6 is 0 Å². The van der Waals surface area contributed by atoms with E-state index in [4.69, 9.17) is 4.74 Å². The summed E-state index contributed by atoms with van der Waals surface area (Å²) in [4.78, 5) is 2.37. The molecule has 0 aromatic heterocycles. The van der Waals surface area contributed by atoms with Crippen molar-refractivity contribution >= 4 is 0 Å². The molecular formula is C12H26N2O. The molecule has 1 aliphatic rings. The van der Waals surface area contributed by atoms with Gasteiger partial charge < -0.3 is 15.0 Å². The van der Waals surface area contributed by atoms with Crippen molar-refractivity contribution in [3.05, 3.63) is 0 Å². The Labute approximate surface area is 94.2 Å². The van der Waals surface area contributed by atoms with Gasteiger partial charge in [0.2, 0.25) is 0 Å². The van der Waals surface area contributed by atoms with Crippen LogP contribution in [0.1, 0.15) is 25.7 Å². The van der Waals surface area contributed by atoms with E-state index in [0.29, 0.717) is 0 Å². The Morgan fingerprint density at radius 1 is 1.27 bits per heavy atom. The van der Waals surface area contributed by atoms with Crippen molar-refractivity contribution in [1.29, 1.82) is 0 Å². The van der Waals surface area contributed by atoms with Crippen molar-refractivity contribution < 1.29 is 4.74 Å². The minimum absolute atomic E-state index is 0.851. The van der Waals surface area contributed by atoms with Gasteiger partial charge in [-0.05, 0) is 58.3 Å². The van der Waals surface area contributed by atoms with Gasteiger partial charge in [0.1, 0.15) is 0 Å². The molecule has 0 unspecified atom stereocenters. The number of likely N-dealkylation sites (N-methyl/N-ethyl adjacent to an activating group) is 1. The second kappa shape index (κ2) is 8.08. The fourth-order valence-electron chi connectivity index (χ4n) is 2.18. The van der Waals surface area contributed by atoms with E-state index >= 15 is 0 Å². The Morgan fingerprint density at radius 2 is 2.00 bits per heavy atom. The molecule has 0 aromatic rings. The maximum Gasteiger partial charge on any atom is 0.0589 e. The Morgan fingerprint density at radius 3 is 2.67 bits per heavy atom. The first kappa shape index (κ1) is 12.9. The average Bonchev–Trinajstić information content (AvgIpc) is 2.28. The summed E-state index contributed by atoms with van der Waals surface area (Å²) in [6.07, 6.45) is 5.49. The first-order valence-electron chi connectivity index (χ1n) is 6.21. The van der Waals surface area contributed by atoms with Crippen LogP contribution in [0.2, 0.25) is 0 Å². The van der Waals surface area contributed by atoms with Crippen molar-refractivity contribution in [3.63, 3.8) is 0 Å². The molecule has 1 N–H and O–H groups in total. The zero-order valence-electron chi connectivity index (χ0n) is 10.3. The van der Waals surface area contributed by atoms with Crippen LogP contribution in [-0.4, -0.2) is 51.8 Å². The second-order valence-electron chi connectivity index (χ2n) is 4.63. The fraction of sp³-hybridized carbons (Fsp3) is 1.00. The van der Waals surface area contributed by atoms with Crippen LogP contribution < -0.4 is 5.32 Å². The van der Waals surface area contributed by atoms with Crippen molar-refractivity contribution in [2.75, 3.05) is 46.9 Å². The zero-order valence-corrected chi connectivity index (χ0v) is 10.3. The smallest absolute Gasteiger partial charge is 0.0589 e. The molecule has 90 valence electrons. The highest BCUT2D eigenvalue weighted by Crippen LogP contribution is 2.17. The van der Waals surface area contributed by atoms with E-state index in [1.165, 1.54) is 45.3 Å². The lowest BCUT2D eigenvalue weighted by molar-refractivity contribution is 0.159. The van der Waals surface area contributed by atoms with Crippen LogP contribution in [0.4, 0.5) is 0 Å². The summed E-state index contributed by atoms with van der Waals surface area (Å²) in [5.74, 6) is 0.974. The van der Waals surface area contributed by atoms with Gasteiger partial charge in [-0.3, -0.25) is 0 Å². The van der Waals surface area contributed by atoms with Gasteiger partial charge in [0, 0.05) is 13.7 Å². The first-order valence-corrected chi connectivity index (χ1v) is 6.21. The molecule has 0 amide bonds. The largest absolute Gasteiger partial charge is 0.383 e. The summed E-state index contributed by atoms with van der Waals surface area (Å²) < 4.78 is 5.06. The standard InChI is InChI=1S/C12H26N2O/c1-14(10-11-15-2)9-3-4-12-5-7-13-8-6-12/h12-13H,3-11H2,1-2H3. The van der Waals surface area contributed by atoms with Gasteiger partial charge in [-0.15, -0.1) is 0 Å². The van der Waals surface area contributed by atoms with E-state index < -0.39 is 0 Å². The monoisotopic (exact) mass is 214 g/mol.